The van der Waals surface area contributed by atoms with Gasteiger partial charge in [0.05, 0.1) is 11.2 Å². The maximum atomic E-state index is 6.21. The molecule has 0 amide bonds. The fourth-order valence-electron chi connectivity index (χ4n) is 2.67. The van der Waals surface area contributed by atoms with Gasteiger partial charge < -0.3 is 0 Å². The predicted octanol–water partition coefficient (Wildman–Crippen LogP) is 4.03. The van der Waals surface area contributed by atoms with Gasteiger partial charge in [-0.3, -0.25) is 4.90 Å². The summed E-state index contributed by atoms with van der Waals surface area (Å²) in [5, 5.41) is 0.673. The van der Waals surface area contributed by atoms with Gasteiger partial charge in [0.15, 0.2) is 0 Å². The summed E-state index contributed by atoms with van der Waals surface area (Å²) in [6.45, 7) is 5.87. The minimum Gasteiger partial charge on any atom is -0.284 e. The Morgan fingerprint density at radius 3 is 2.55 bits per heavy atom. The molecule has 5 heteroatoms. The number of halogens is 2. The lowest BCUT2D eigenvalue weighted by Crippen LogP contribution is -2.35. The van der Waals surface area contributed by atoms with Crippen LogP contribution in [-0.2, 0) is 18.6 Å². The lowest BCUT2D eigenvalue weighted by atomic mass is 10.00. The highest BCUT2D eigenvalue weighted by Gasteiger charge is 2.40. The van der Waals surface area contributed by atoms with Crippen molar-refractivity contribution < 1.29 is 0 Å². The van der Waals surface area contributed by atoms with Crippen molar-refractivity contribution in [3.63, 3.8) is 0 Å². The summed E-state index contributed by atoms with van der Waals surface area (Å²) in [5.41, 5.74) is 2.97. The number of hydrogen-bond acceptors (Lipinski definition) is 3. The molecule has 0 saturated heterocycles. The van der Waals surface area contributed by atoms with E-state index in [-0.39, 0.29) is 10.8 Å². The average molecular weight is 308 g/mol. The van der Waals surface area contributed by atoms with Crippen molar-refractivity contribution in [2.75, 3.05) is 0 Å². The number of benzene rings is 1. The summed E-state index contributed by atoms with van der Waals surface area (Å²) in [6.07, 6.45) is 0. The summed E-state index contributed by atoms with van der Waals surface area (Å²) < 4.78 is 0. The van der Waals surface area contributed by atoms with Gasteiger partial charge in [0.1, 0.15) is 5.15 Å². The molecule has 1 aromatic heterocycles. The van der Waals surface area contributed by atoms with E-state index in [9.17, 15) is 0 Å². The second kappa shape index (κ2) is 4.99. The minimum absolute atomic E-state index is 0.207. The number of rotatable bonds is 2. The van der Waals surface area contributed by atoms with Gasteiger partial charge in [-0.1, -0.05) is 41.9 Å². The molecule has 0 saturated carbocycles. The monoisotopic (exact) mass is 307 g/mol. The molecule has 2 heterocycles. The van der Waals surface area contributed by atoms with Crippen molar-refractivity contribution in [1.82, 2.24) is 14.9 Å². The quantitative estimate of drug-likeness (QED) is 0.619. The van der Waals surface area contributed by atoms with Crippen LogP contribution in [0, 0.1) is 0 Å². The zero-order valence-electron chi connectivity index (χ0n) is 11.4. The Balaban J connectivity index is 1.96. The first-order chi connectivity index (χ1) is 9.48. The number of fused-ring (bicyclic) bond motifs is 1. The van der Waals surface area contributed by atoms with E-state index in [1.165, 1.54) is 5.56 Å². The highest BCUT2D eigenvalue weighted by molar-refractivity contribution is 6.32. The van der Waals surface area contributed by atoms with Crippen molar-refractivity contribution in [3.05, 3.63) is 57.6 Å². The van der Waals surface area contributed by atoms with Crippen LogP contribution in [-0.4, -0.2) is 14.9 Å². The summed E-state index contributed by atoms with van der Waals surface area (Å²) in [6, 6.07) is 10.4. The predicted molar refractivity (Wildman–Crippen MR) is 80.8 cm³/mol. The van der Waals surface area contributed by atoms with Crippen molar-refractivity contribution in [1.29, 1.82) is 0 Å². The maximum absolute atomic E-state index is 6.21. The Morgan fingerprint density at radius 2 is 1.85 bits per heavy atom. The topological polar surface area (TPSA) is 29.0 Å². The summed E-state index contributed by atoms with van der Waals surface area (Å²) >= 11 is 12.1. The molecule has 2 aromatic rings. The smallest absolute Gasteiger partial charge is 0.224 e. The van der Waals surface area contributed by atoms with E-state index in [0.29, 0.717) is 5.15 Å². The van der Waals surface area contributed by atoms with Gasteiger partial charge in [-0.2, -0.15) is 0 Å². The van der Waals surface area contributed by atoms with E-state index in [1.807, 2.05) is 6.07 Å². The SMILES string of the molecule is CC1(C)c2nc(Cl)nc(Cl)c2CN1Cc1ccccc1. The first kappa shape index (κ1) is 13.8. The maximum Gasteiger partial charge on any atom is 0.224 e. The first-order valence-electron chi connectivity index (χ1n) is 6.50. The molecule has 0 unspecified atom stereocenters. The van der Waals surface area contributed by atoms with E-state index in [2.05, 4.69) is 53.0 Å². The Labute approximate surface area is 128 Å². The molecule has 1 aliphatic rings. The molecule has 0 atom stereocenters. The Morgan fingerprint density at radius 1 is 1.15 bits per heavy atom. The molecule has 0 radical (unpaired) electrons. The zero-order valence-corrected chi connectivity index (χ0v) is 12.9. The number of nitrogens with zero attached hydrogens (tertiary/aromatic N) is 3. The van der Waals surface area contributed by atoms with E-state index in [4.69, 9.17) is 23.2 Å². The molecular formula is C15H15Cl2N3. The third-order valence-corrected chi connectivity index (χ3v) is 4.35. The first-order valence-corrected chi connectivity index (χ1v) is 7.25. The van der Waals surface area contributed by atoms with Gasteiger partial charge >= 0.3 is 0 Å². The van der Waals surface area contributed by atoms with Gasteiger partial charge in [-0.15, -0.1) is 0 Å². The van der Waals surface area contributed by atoms with Crippen LogP contribution in [0.4, 0.5) is 0 Å². The van der Waals surface area contributed by atoms with Crippen molar-refractivity contribution in [2.45, 2.75) is 32.5 Å². The van der Waals surface area contributed by atoms with Crippen LogP contribution in [0.15, 0.2) is 30.3 Å². The van der Waals surface area contributed by atoms with E-state index >= 15 is 0 Å². The molecule has 1 aliphatic heterocycles. The highest BCUT2D eigenvalue weighted by atomic mass is 35.5. The molecule has 1 aromatic carbocycles. The zero-order chi connectivity index (χ0) is 14.3. The lowest BCUT2D eigenvalue weighted by molar-refractivity contribution is 0.125. The minimum atomic E-state index is -0.207. The Hall–Kier alpha value is -1.16. The van der Waals surface area contributed by atoms with Crippen LogP contribution in [0.5, 0.6) is 0 Å². The molecule has 0 fully saturated rings. The third-order valence-electron chi connectivity index (χ3n) is 3.86. The molecule has 0 bridgehead atoms. The second-order valence-corrected chi connectivity index (χ2v) is 6.21. The van der Waals surface area contributed by atoms with Crippen LogP contribution in [0.1, 0.15) is 30.7 Å². The van der Waals surface area contributed by atoms with Crippen molar-refractivity contribution in [2.24, 2.45) is 0 Å². The molecule has 20 heavy (non-hydrogen) atoms. The van der Waals surface area contributed by atoms with Gasteiger partial charge in [0.25, 0.3) is 0 Å². The van der Waals surface area contributed by atoms with Crippen LogP contribution < -0.4 is 0 Å². The Kier molecular flexibility index (Phi) is 3.44. The Bertz CT molecular complexity index is 641. The summed E-state index contributed by atoms with van der Waals surface area (Å²) in [7, 11) is 0. The largest absolute Gasteiger partial charge is 0.284 e. The molecule has 104 valence electrons. The van der Waals surface area contributed by atoms with Gasteiger partial charge in [-0.25, -0.2) is 9.97 Å². The molecule has 3 nitrogen and oxygen atoms in total. The van der Waals surface area contributed by atoms with Gasteiger partial charge in [0.2, 0.25) is 5.28 Å². The standard InChI is InChI=1S/C15H15Cl2N3/c1-15(2)12-11(13(16)19-14(17)18-12)9-20(15)8-10-6-4-3-5-7-10/h3-7H,8-9H2,1-2H3. The molecule has 0 spiro atoms. The number of aromatic nitrogens is 2. The molecule has 3 rings (SSSR count). The summed E-state index contributed by atoms with van der Waals surface area (Å²) in [5.74, 6) is 0. The van der Waals surface area contributed by atoms with E-state index < -0.39 is 0 Å². The molecule has 0 N–H and O–H groups in total. The van der Waals surface area contributed by atoms with Crippen molar-refractivity contribution in [3.8, 4) is 0 Å². The van der Waals surface area contributed by atoms with Crippen LogP contribution in [0.25, 0.3) is 0 Å². The summed E-state index contributed by atoms with van der Waals surface area (Å²) in [4.78, 5) is 10.8. The van der Waals surface area contributed by atoms with Crippen molar-refractivity contribution >= 4 is 23.2 Å². The molecular weight excluding hydrogens is 293 g/mol. The highest BCUT2D eigenvalue weighted by Crippen LogP contribution is 2.41. The van der Waals surface area contributed by atoms with E-state index in [1.54, 1.807) is 0 Å². The van der Waals surface area contributed by atoms with Gasteiger partial charge in [-0.05, 0) is 31.0 Å². The lowest BCUT2D eigenvalue weighted by Gasteiger charge is -2.31. The third kappa shape index (κ3) is 2.30. The van der Waals surface area contributed by atoms with Gasteiger partial charge in [0, 0.05) is 18.7 Å². The molecule has 0 aliphatic carbocycles. The average Bonchev–Trinajstić information content (AvgIpc) is 2.64. The number of hydrogen-bond donors (Lipinski definition) is 0. The van der Waals surface area contributed by atoms with Crippen LogP contribution in [0.3, 0.4) is 0 Å². The van der Waals surface area contributed by atoms with E-state index in [0.717, 1.165) is 24.3 Å². The van der Waals surface area contributed by atoms with Crippen LogP contribution >= 0.6 is 23.2 Å². The normalized spacial score (nSPS) is 17.2. The fraction of sp³-hybridized carbons (Fsp3) is 0.333. The van der Waals surface area contributed by atoms with Crippen LogP contribution in [0.2, 0.25) is 10.4 Å². The second-order valence-electron chi connectivity index (χ2n) is 5.51. The fourth-order valence-corrected chi connectivity index (χ4v) is 3.11.